The van der Waals surface area contributed by atoms with Gasteiger partial charge in [-0.25, -0.2) is 4.98 Å². The van der Waals surface area contributed by atoms with Crippen LogP contribution in [0, 0.1) is 25.2 Å². The molecule has 0 saturated heterocycles. The predicted molar refractivity (Wildman–Crippen MR) is 70.3 cm³/mol. The lowest BCUT2D eigenvalue weighted by atomic mass is 10.1. The highest BCUT2D eigenvalue weighted by molar-refractivity contribution is 5.76. The molecule has 0 aliphatic rings. The Kier molecular flexibility index (Phi) is 3.58. The normalized spacial score (nSPS) is 9.74. The van der Waals surface area contributed by atoms with E-state index in [1.807, 2.05) is 6.92 Å². The number of rotatable bonds is 3. The molecular formula is C15H12N2O2. The van der Waals surface area contributed by atoms with Crippen molar-refractivity contribution in [3.8, 4) is 17.7 Å². The van der Waals surface area contributed by atoms with E-state index in [1.165, 1.54) is 0 Å². The van der Waals surface area contributed by atoms with Crippen molar-refractivity contribution >= 4 is 6.29 Å². The van der Waals surface area contributed by atoms with Gasteiger partial charge in [-0.2, -0.15) is 5.26 Å². The van der Waals surface area contributed by atoms with Crippen LogP contribution in [0.5, 0.6) is 11.6 Å². The second-order valence-electron chi connectivity index (χ2n) is 4.13. The van der Waals surface area contributed by atoms with Crippen molar-refractivity contribution in [1.82, 2.24) is 4.98 Å². The summed E-state index contributed by atoms with van der Waals surface area (Å²) in [6.45, 7) is 3.60. The molecule has 0 spiro atoms. The Hall–Kier alpha value is -2.67. The van der Waals surface area contributed by atoms with Gasteiger partial charge in [0.1, 0.15) is 5.75 Å². The maximum Gasteiger partial charge on any atom is 0.219 e. The summed E-state index contributed by atoms with van der Waals surface area (Å²) >= 11 is 0. The van der Waals surface area contributed by atoms with Gasteiger partial charge in [0.2, 0.25) is 5.88 Å². The molecule has 1 aromatic carbocycles. The fraction of sp³-hybridized carbons (Fsp3) is 0.133. The first-order chi connectivity index (χ1) is 9.13. The molecule has 1 aromatic heterocycles. The van der Waals surface area contributed by atoms with Gasteiger partial charge >= 0.3 is 0 Å². The van der Waals surface area contributed by atoms with Gasteiger partial charge in [0.25, 0.3) is 0 Å². The number of pyridine rings is 1. The summed E-state index contributed by atoms with van der Waals surface area (Å²) in [5.41, 5.74) is 2.63. The lowest BCUT2D eigenvalue weighted by Crippen LogP contribution is -1.94. The Labute approximate surface area is 111 Å². The summed E-state index contributed by atoms with van der Waals surface area (Å²) in [6, 6.07) is 10.6. The van der Waals surface area contributed by atoms with E-state index in [0.29, 0.717) is 28.5 Å². The topological polar surface area (TPSA) is 63.0 Å². The number of ether oxygens (including phenoxy) is 1. The SMILES string of the molecule is Cc1cc(Oc2ccc(C=O)c(C)n2)ccc1C#N. The van der Waals surface area contributed by atoms with Crippen LogP contribution in [-0.4, -0.2) is 11.3 Å². The molecule has 19 heavy (non-hydrogen) atoms. The van der Waals surface area contributed by atoms with Crippen LogP contribution in [0.3, 0.4) is 0 Å². The lowest BCUT2D eigenvalue weighted by Gasteiger charge is -2.07. The number of benzene rings is 1. The smallest absolute Gasteiger partial charge is 0.219 e. The number of carbonyl (C=O) groups excluding carboxylic acids is 1. The first kappa shape index (κ1) is 12.8. The highest BCUT2D eigenvalue weighted by Gasteiger charge is 2.05. The van der Waals surface area contributed by atoms with Crippen molar-refractivity contribution in [2.75, 3.05) is 0 Å². The van der Waals surface area contributed by atoms with Crippen LogP contribution in [0.1, 0.15) is 27.2 Å². The summed E-state index contributed by atoms with van der Waals surface area (Å²) in [7, 11) is 0. The molecule has 0 saturated carbocycles. The molecule has 2 aromatic rings. The van der Waals surface area contributed by atoms with Crippen molar-refractivity contribution in [3.05, 3.63) is 52.7 Å². The number of nitrogens with zero attached hydrogens (tertiary/aromatic N) is 2. The summed E-state index contributed by atoms with van der Waals surface area (Å²) in [5.74, 6) is 1.04. The third kappa shape index (κ3) is 2.78. The van der Waals surface area contributed by atoms with Crippen molar-refractivity contribution in [1.29, 1.82) is 5.26 Å². The van der Waals surface area contributed by atoms with Crippen LogP contribution in [0.4, 0.5) is 0 Å². The highest BCUT2D eigenvalue weighted by Crippen LogP contribution is 2.23. The van der Waals surface area contributed by atoms with E-state index in [9.17, 15) is 4.79 Å². The standard InChI is InChI=1S/C15H12N2O2/c1-10-7-14(5-3-12(10)8-16)19-15-6-4-13(9-18)11(2)17-15/h3-7,9H,1-2H3. The molecule has 0 unspecified atom stereocenters. The Bertz CT molecular complexity index is 672. The molecule has 0 bridgehead atoms. The van der Waals surface area contributed by atoms with E-state index < -0.39 is 0 Å². The number of aryl methyl sites for hydroxylation is 2. The Morgan fingerprint density at radius 3 is 2.63 bits per heavy atom. The van der Waals surface area contributed by atoms with E-state index in [2.05, 4.69) is 11.1 Å². The summed E-state index contributed by atoms with van der Waals surface area (Å²) in [5, 5.41) is 8.86. The summed E-state index contributed by atoms with van der Waals surface area (Å²) < 4.78 is 5.60. The van der Waals surface area contributed by atoms with Gasteiger partial charge in [0.05, 0.1) is 17.3 Å². The minimum absolute atomic E-state index is 0.423. The Morgan fingerprint density at radius 1 is 1.26 bits per heavy atom. The van der Waals surface area contributed by atoms with E-state index in [4.69, 9.17) is 10.00 Å². The molecule has 0 aliphatic carbocycles. The maximum absolute atomic E-state index is 10.7. The van der Waals surface area contributed by atoms with Crippen LogP contribution >= 0.6 is 0 Å². The van der Waals surface area contributed by atoms with Gasteiger partial charge in [0.15, 0.2) is 6.29 Å². The van der Waals surface area contributed by atoms with Gasteiger partial charge in [-0.1, -0.05) is 0 Å². The van der Waals surface area contributed by atoms with Crippen molar-refractivity contribution in [2.24, 2.45) is 0 Å². The van der Waals surface area contributed by atoms with Crippen molar-refractivity contribution < 1.29 is 9.53 Å². The average Bonchev–Trinajstić information content (AvgIpc) is 2.39. The van der Waals surface area contributed by atoms with Gasteiger partial charge in [-0.3, -0.25) is 4.79 Å². The first-order valence-corrected chi connectivity index (χ1v) is 5.75. The highest BCUT2D eigenvalue weighted by atomic mass is 16.5. The second-order valence-corrected chi connectivity index (χ2v) is 4.13. The molecule has 0 N–H and O–H groups in total. The molecule has 0 fully saturated rings. The lowest BCUT2D eigenvalue weighted by molar-refractivity contribution is 0.112. The molecule has 1 heterocycles. The summed E-state index contributed by atoms with van der Waals surface area (Å²) in [4.78, 5) is 14.9. The van der Waals surface area contributed by atoms with Crippen LogP contribution < -0.4 is 4.74 Å². The molecule has 0 atom stereocenters. The first-order valence-electron chi connectivity index (χ1n) is 5.75. The number of nitriles is 1. The molecule has 2 rings (SSSR count). The van der Waals surface area contributed by atoms with E-state index in [0.717, 1.165) is 11.8 Å². The number of hydrogen-bond donors (Lipinski definition) is 0. The van der Waals surface area contributed by atoms with Gasteiger partial charge in [-0.15, -0.1) is 0 Å². The van der Waals surface area contributed by atoms with Gasteiger partial charge in [-0.05, 0) is 43.7 Å². The van der Waals surface area contributed by atoms with E-state index in [-0.39, 0.29) is 0 Å². The van der Waals surface area contributed by atoms with Gasteiger partial charge in [0, 0.05) is 11.6 Å². The van der Waals surface area contributed by atoms with E-state index >= 15 is 0 Å². The molecule has 4 heteroatoms. The van der Waals surface area contributed by atoms with Crippen molar-refractivity contribution in [2.45, 2.75) is 13.8 Å². The van der Waals surface area contributed by atoms with Gasteiger partial charge < -0.3 is 4.74 Å². The molecular weight excluding hydrogens is 240 g/mol. The molecule has 94 valence electrons. The van der Waals surface area contributed by atoms with E-state index in [1.54, 1.807) is 37.3 Å². The quantitative estimate of drug-likeness (QED) is 0.787. The molecule has 0 aliphatic heterocycles. The fourth-order valence-electron chi connectivity index (χ4n) is 1.68. The Balaban J connectivity index is 2.26. The monoisotopic (exact) mass is 252 g/mol. The predicted octanol–water partition coefficient (Wildman–Crippen LogP) is 3.17. The fourth-order valence-corrected chi connectivity index (χ4v) is 1.68. The minimum Gasteiger partial charge on any atom is -0.439 e. The molecule has 4 nitrogen and oxygen atoms in total. The van der Waals surface area contributed by atoms with Crippen LogP contribution in [0.2, 0.25) is 0 Å². The third-order valence-corrected chi connectivity index (χ3v) is 2.77. The van der Waals surface area contributed by atoms with Crippen LogP contribution in [0.15, 0.2) is 30.3 Å². The summed E-state index contributed by atoms with van der Waals surface area (Å²) in [6.07, 6.45) is 0.762. The van der Waals surface area contributed by atoms with Crippen molar-refractivity contribution in [3.63, 3.8) is 0 Å². The Morgan fingerprint density at radius 2 is 2.05 bits per heavy atom. The number of hydrogen-bond acceptors (Lipinski definition) is 4. The minimum atomic E-state index is 0.423. The zero-order valence-electron chi connectivity index (χ0n) is 10.7. The largest absolute Gasteiger partial charge is 0.439 e. The molecule has 0 amide bonds. The molecule has 0 radical (unpaired) electrons. The second kappa shape index (κ2) is 5.32. The number of carbonyl (C=O) groups is 1. The maximum atomic E-state index is 10.7. The number of aromatic nitrogens is 1. The van der Waals surface area contributed by atoms with Crippen LogP contribution in [0.25, 0.3) is 0 Å². The number of aldehydes is 1. The van der Waals surface area contributed by atoms with Crippen LogP contribution in [-0.2, 0) is 0 Å². The zero-order chi connectivity index (χ0) is 13.8. The third-order valence-electron chi connectivity index (χ3n) is 2.77. The zero-order valence-corrected chi connectivity index (χ0v) is 10.7. The average molecular weight is 252 g/mol.